The van der Waals surface area contributed by atoms with Crippen molar-refractivity contribution in [1.29, 1.82) is 0 Å². The Bertz CT molecular complexity index is 310. The lowest BCUT2D eigenvalue weighted by atomic mass is 10.0. The Labute approximate surface area is 109 Å². The fourth-order valence-corrected chi connectivity index (χ4v) is 2.79. The second kappa shape index (κ2) is 7.07. The Hall–Kier alpha value is -0.480. The Kier molecular flexibility index (Phi) is 6.06. The molecule has 17 heavy (non-hydrogen) atoms. The number of thioether (sulfide) groups is 1. The Morgan fingerprint density at radius 2 is 2.06 bits per heavy atom. The maximum absolute atomic E-state index is 4.28. The van der Waals surface area contributed by atoms with Crippen LogP contribution < -0.4 is 5.32 Å². The number of nitrogens with one attached hydrogen (secondary N) is 1. The van der Waals surface area contributed by atoms with E-state index < -0.39 is 0 Å². The van der Waals surface area contributed by atoms with Crippen molar-refractivity contribution in [3.8, 4) is 0 Å². The SMILES string of the molecule is CCn1cc(CNCC(CC)(CC)SC)cn1. The van der Waals surface area contributed by atoms with Crippen LogP contribution in [0.15, 0.2) is 12.4 Å². The van der Waals surface area contributed by atoms with Crippen molar-refractivity contribution in [2.75, 3.05) is 12.8 Å². The lowest BCUT2D eigenvalue weighted by Gasteiger charge is -2.29. The van der Waals surface area contributed by atoms with Crippen LogP contribution in [-0.2, 0) is 13.1 Å². The zero-order valence-corrected chi connectivity index (χ0v) is 12.3. The average molecular weight is 255 g/mol. The lowest BCUT2D eigenvalue weighted by molar-refractivity contribution is 0.495. The van der Waals surface area contributed by atoms with E-state index in [1.807, 2.05) is 22.6 Å². The molecule has 1 heterocycles. The first kappa shape index (κ1) is 14.6. The van der Waals surface area contributed by atoms with Crippen LogP contribution in [0.5, 0.6) is 0 Å². The highest BCUT2D eigenvalue weighted by Gasteiger charge is 2.23. The highest BCUT2D eigenvalue weighted by Crippen LogP contribution is 2.29. The summed E-state index contributed by atoms with van der Waals surface area (Å²) < 4.78 is 2.36. The number of aryl methyl sites for hydroxylation is 1. The van der Waals surface area contributed by atoms with Gasteiger partial charge in [-0.15, -0.1) is 0 Å². The Balaban J connectivity index is 2.40. The minimum Gasteiger partial charge on any atom is -0.311 e. The predicted molar refractivity (Wildman–Crippen MR) is 76.4 cm³/mol. The van der Waals surface area contributed by atoms with E-state index in [4.69, 9.17) is 0 Å². The Morgan fingerprint density at radius 3 is 2.53 bits per heavy atom. The monoisotopic (exact) mass is 255 g/mol. The molecule has 0 saturated carbocycles. The van der Waals surface area contributed by atoms with Crippen LogP contribution in [0.4, 0.5) is 0 Å². The van der Waals surface area contributed by atoms with Crippen LogP contribution in [0.1, 0.15) is 39.2 Å². The molecule has 0 amide bonds. The van der Waals surface area contributed by atoms with Gasteiger partial charge in [0.05, 0.1) is 6.20 Å². The summed E-state index contributed by atoms with van der Waals surface area (Å²) in [6.45, 7) is 9.59. The molecular weight excluding hydrogens is 230 g/mol. The molecule has 0 fully saturated rings. The van der Waals surface area contributed by atoms with Gasteiger partial charge in [-0.2, -0.15) is 16.9 Å². The first-order valence-electron chi connectivity index (χ1n) is 6.46. The van der Waals surface area contributed by atoms with Gasteiger partial charge in [0.2, 0.25) is 0 Å². The van der Waals surface area contributed by atoms with Gasteiger partial charge in [0.15, 0.2) is 0 Å². The van der Waals surface area contributed by atoms with Gasteiger partial charge in [-0.05, 0) is 26.0 Å². The third kappa shape index (κ3) is 4.03. The molecule has 0 saturated heterocycles. The molecule has 0 radical (unpaired) electrons. The summed E-state index contributed by atoms with van der Waals surface area (Å²) in [6, 6.07) is 0. The van der Waals surface area contributed by atoms with Crippen molar-refractivity contribution < 1.29 is 0 Å². The van der Waals surface area contributed by atoms with Crippen molar-refractivity contribution in [3.05, 3.63) is 18.0 Å². The molecule has 1 aromatic rings. The fraction of sp³-hybridized carbons (Fsp3) is 0.769. The summed E-state index contributed by atoms with van der Waals surface area (Å²) in [5, 5.41) is 7.84. The zero-order chi connectivity index (χ0) is 12.7. The number of rotatable bonds is 8. The van der Waals surface area contributed by atoms with Crippen LogP contribution in [0.3, 0.4) is 0 Å². The molecule has 3 nitrogen and oxygen atoms in total. The summed E-state index contributed by atoms with van der Waals surface area (Å²) in [6.07, 6.45) is 8.71. The summed E-state index contributed by atoms with van der Waals surface area (Å²) in [4.78, 5) is 0. The van der Waals surface area contributed by atoms with E-state index in [0.29, 0.717) is 4.75 Å². The maximum atomic E-state index is 4.28. The highest BCUT2D eigenvalue weighted by atomic mass is 32.2. The van der Waals surface area contributed by atoms with Crippen LogP contribution in [0.25, 0.3) is 0 Å². The molecule has 0 aliphatic rings. The van der Waals surface area contributed by atoms with E-state index in [1.54, 1.807) is 0 Å². The molecule has 0 aromatic carbocycles. The summed E-state index contributed by atoms with van der Waals surface area (Å²) >= 11 is 1.98. The van der Waals surface area contributed by atoms with Gasteiger partial charge in [0.1, 0.15) is 0 Å². The summed E-state index contributed by atoms with van der Waals surface area (Å²) in [5.41, 5.74) is 1.27. The van der Waals surface area contributed by atoms with Gasteiger partial charge >= 0.3 is 0 Å². The van der Waals surface area contributed by atoms with Gasteiger partial charge in [-0.25, -0.2) is 0 Å². The fourth-order valence-electron chi connectivity index (χ4n) is 1.97. The molecule has 1 aromatic heterocycles. The molecular formula is C13H25N3S. The van der Waals surface area contributed by atoms with Gasteiger partial charge in [0.25, 0.3) is 0 Å². The quantitative estimate of drug-likeness (QED) is 0.774. The number of nitrogens with zero attached hydrogens (tertiary/aromatic N) is 2. The smallest absolute Gasteiger partial charge is 0.0534 e. The molecule has 98 valence electrons. The number of aromatic nitrogens is 2. The van der Waals surface area contributed by atoms with E-state index in [2.05, 4.69) is 43.6 Å². The molecule has 0 bridgehead atoms. The van der Waals surface area contributed by atoms with E-state index >= 15 is 0 Å². The van der Waals surface area contributed by atoms with Gasteiger partial charge < -0.3 is 5.32 Å². The first-order valence-corrected chi connectivity index (χ1v) is 7.69. The molecule has 0 aliphatic heterocycles. The second-order valence-electron chi connectivity index (χ2n) is 4.40. The topological polar surface area (TPSA) is 29.9 Å². The minimum atomic E-state index is 0.390. The number of hydrogen-bond donors (Lipinski definition) is 1. The van der Waals surface area contributed by atoms with Crippen molar-refractivity contribution in [3.63, 3.8) is 0 Å². The average Bonchev–Trinajstić information content (AvgIpc) is 2.83. The van der Waals surface area contributed by atoms with Crippen molar-refractivity contribution in [1.82, 2.24) is 15.1 Å². The standard InChI is InChI=1S/C13H25N3S/c1-5-13(6-2,17-4)11-14-8-12-9-15-16(7-3)10-12/h9-10,14H,5-8,11H2,1-4H3. The lowest BCUT2D eigenvalue weighted by Crippen LogP contribution is -2.36. The van der Waals surface area contributed by atoms with Crippen molar-refractivity contribution in [2.24, 2.45) is 0 Å². The first-order chi connectivity index (χ1) is 8.19. The molecule has 0 spiro atoms. The summed E-state index contributed by atoms with van der Waals surface area (Å²) in [7, 11) is 0. The molecule has 1 N–H and O–H groups in total. The normalized spacial score (nSPS) is 12.0. The van der Waals surface area contributed by atoms with E-state index in [1.165, 1.54) is 18.4 Å². The maximum Gasteiger partial charge on any atom is 0.0534 e. The van der Waals surface area contributed by atoms with E-state index in [-0.39, 0.29) is 0 Å². The largest absolute Gasteiger partial charge is 0.311 e. The van der Waals surface area contributed by atoms with Crippen molar-refractivity contribution in [2.45, 2.75) is 51.4 Å². The van der Waals surface area contributed by atoms with Crippen LogP contribution in [-0.4, -0.2) is 27.3 Å². The molecule has 1 rings (SSSR count). The molecule has 0 unspecified atom stereocenters. The van der Waals surface area contributed by atoms with Crippen LogP contribution in [0, 0.1) is 0 Å². The van der Waals surface area contributed by atoms with Gasteiger partial charge in [-0.3, -0.25) is 4.68 Å². The van der Waals surface area contributed by atoms with Crippen LogP contribution >= 0.6 is 11.8 Å². The predicted octanol–water partition coefficient (Wildman–Crippen LogP) is 2.91. The highest BCUT2D eigenvalue weighted by molar-refractivity contribution is 8.00. The third-order valence-electron chi connectivity index (χ3n) is 3.51. The Morgan fingerprint density at radius 1 is 1.35 bits per heavy atom. The number of hydrogen-bond acceptors (Lipinski definition) is 3. The van der Waals surface area contributed by atoms with Gasteiger partial charge in [0, 0.05) is 36.1 Å². The van der Waals surface area contributed by atoms with Gasteiger partial charge in [-0.1, -0.05) is 13.8 Å². The second-order valence-corrected chi connectivity index (χ2v) is 5.68. The van der Waals surface area contributed by atoms with E-state index in [9.17, 15) is 0 Å². The molecule has 0 atom stereocenters. The minimum absolute atomic E-state index is 0.390. The molecule has 4 heteroatoms. The molecule has 0 aliphatic carbocycles. The van der Waals surface area contributed by atoms with Crippen molar-refractivity contribution >= 4 is 11.8 Å². The summed E-state index contributed by atoms with van der Waals surface area (Å²) in [5.74, 6) is 0. The zero-order valence-electron chi connectivity index (χ0n) is 11.5. The third-order valence-corrected chi connectivity index (χ3v) is 5.10. The van der Waals surface area contributed by atoms with E-state index in [0.717, 1.165) is 19.6 Å². The van der Waals surface area contributed by atoms with Crippen LogP contribution in [0.2, 0.25) is 0 Å².